The predicted octanol–water partition coefficient (Wildman–Crippen LogP) is 4.86. The zero-order valence-corrected chi connectivity index (χ0v) is 16.2. The maximum Gasteiger partial charge on any atom is 0.246 e. The van der Waals surface area contributed by atoms with E-state index in [4.69, 9.17) is 0 Å². The molecule has 2 N–H and O–H groups in total. The van der Waals surface area contributed by atoms with Gasteiger partial charge in [0.1, 0.15) is 11.8 Å². The second-order valence-corrected chi connectivity index (χ2v) is 7.19. The summed E-state index contributed by atoms with van der Waals surface area (Å²) in [6.45, 7) is 1.48. The first kappa shape index (κ1) is 19.0. The summed E-state index contributed by atoms with van der Waals surface area (Å²) < 4.78 is 0. The van der Waals surface area contributed by atoms with E-state index in [0.717, 1.165) is 29.8 Å². The van der Waals surface area contributed by atoms with Gasteiger partial charge in [-0.15, -0.1) is 0 Å². The highest BCUT2D eigenvalue weighted by atomic mass is 16.3. The fourth-order valence-electron chi connectivity index (χ4n) is 3.75. The molecule has 0 spiro atoms. The first-order chi connectivity index (χ1) is 14.2. The van der Waals surface area contributed by atoms with Crippen LogP contribution in [0.1, 0.15) is 23.6 Å². The van der Waals surface area contributed by atoms with Gasteiger partial charge in [-0.05, 0) is 47.4 Å². The molecule has 0 saturated carbocycles. The van der Waals surface area contributed by atoms with Gasteiger partial charge < -0.3 is 10.4 Å². The summed E-state index contributed by atoms with van der Waals surface area (Å²) in [6, 6.07) is 26.4. The quantitative estimate of drug-likeness (QED) is 0.660. The van der Waals surface area contributed by atoms with Gasteiger partial charge in [0.15, 0.2) is 0 Å². The largest absolute Gasteiger partial charge is 0.508 e. The summed E-state index contributed by atoms with van der Waals surface area (Å²) >= 11 is 0. The van der Waals surface area contributed by atoms with E-state index < -0.39 is 0 Å². The second-order valence-electron chi connectivity index (χ2n) is 7.19. The van der Waals surface area contributed by atoms with Gasteiger partial charge in [0.25, 0.3) is 0 Å². The minimum Gasteiger partial charge on any atom is -0.508 e. The molecule has 1 heterocycles. The summed E-state index contributed by atoms with van der Waals surface area (Å²) in [5.74, 6) is 0.248. The molecule has 1 atom stereocenters. The van der Waals surface area contributed by atoms with Gasteiger partial charge in [-0.3, -0.25) is 9.69 Å². The van der Waals surface area contributed by atoms with Crippen LogP contribution < -0.4 is 5.32 Å². The lowest BCUT2D eigenvalue weighted by atomic mass is 9.96. The third-order valence-corrected chi connectivity index (χ3v) is 5.25. The number of hydrogen-bond acceptors (Lipinski definition) is 3. The summed E-state index contributed by atoms with van der Waals surface area (Å²) in [4.78, 5) is 15.4. The molecule has 0 radical (unpaired) electrons. The highest BCUT2D eigenvalue weighted by molar-refractivity contribution is 5.95. The topological polar surface area (TPSA) is 52.6 Å². The molecule has 0 fully saturated rings. The molecular weight excluding hydrogens is 360 g/mol. The Hall–Kier alpha value is -3.37. The number of anilines is 1. The lowest BCUT2D eigenvalue weighted by Crippen LogP contribution is -2.39. The molecule has 4 rings (SSSR count). The van der Waals surface area contributed by atoms with Crippen molar-refractivity contribution in [3.63, 3.8) is 0 Å². The number of nitrogens with zero attached hydrogens (tertiary/aromatic N) is 1. The predicted molar refractivity (Wildman–Crippen MR) is 117 cm³/mol. The Kier molecular flexibility index (Phi) is 5.73. The van der Waals surface area contributed by atoms with Crippen LogP contribution in [-0.4, -0.2) is 29.0 Å². The lowest BCUT2D eigenvalue weighted by Gasteiger charge is -2.33. The van der Waals surface area contributed by atoms with E-state index in [9.17, 15) is 9.90 Å². The van der Waals surface area contributed by atoms with Crippen molar-refractivity contribution in [1.29, 1.82) is 0 Å². The van der Waals surface area contributed by atoms with E-state index in [1.54, 1.807) is 12.1 Å². The van der Waals surface area contributed by atoms with E-state index in [0.29, 0.717) is 6.54 Å². The van der Waals surface area contributed by atoms with Gasteiger partial charge in [-0.2, -0.15) is 0 Å². The van der Waals surface area contributed by atoms with Crippen molar-refractivity contribution in [3.8, 4) is 5.75 Å². The Bertz CT molecular complexity index is 982. The molecule has 0 bridgehead atoms. The van der Waals surface area contributed by atoms with E-state index in [1.807, 2.05) is 72.8 Å². The second kappa shape index (κ2) is 8.76. The monoisotopic (exact) mass is 384 g/mol. The summed E-state index contributed by atoms with van der Waals surface area (Å²) in [7, 11) is 0. The summed E-state index contributed by atoms with van der Waals surface area (Å²) in [5.41, 5.74) is 4.15. The molecule has 4 heteroatoms. The molecule has 0 aliphatic carbocycles. The maximum atomic E-state index is 13.2. The van der Waals surface area contributed by atoms with Crippen molar-refractivity contribution in [3.05, 3.63) is 102 Å². The van der Waals surface area contributed by atoms with Crippen molar-refractivity contribution in [1.82, 2.24) is 4.90 Å². The number of para-hydroxylation sites is 1. The number of hydrogen-bond donors (Lipinski definition) is 2. The molecule has 1 amide bonds. The molecule has 3 aromatic rings. The van der Waals surface area contributed by atoms with Gasteiger partial charge in [0.05, 0.1) is 0 Å². The van der Waals surface area contributed by atoms with E-state index >= 15 is 0 Å². The molecule has 1 unspecified atom stereocenters. The molecule has 4 nitrogen and oxygen atoms in total. The third-order valence-electron chi connectivity index (χ3n) is 5.25. The Morgan fingerprint density at radius 3 is 2.17 bits per heavy atom. The van der Waals surface area contributed by atoms with Gasteiger partial charge in [0.2, 0.25) is 5.91 Å². The van der Waals surface area contributed by atoms with Crippen LogP contribution in [0.3, 0.4) is 0 Å². The third kappa shape index (κ3) is 4.55. The average molecular weight is 384 g/mol. The maximum absolute atomic E-state index is 13.2. The number of amides is 1. The van der Waals surface area contributed by atoms with Gasteiger partial charge in [-0.25, -0.2) is 0 Å². The number of phenols is 1. The number of benzene rings is 3. The lowest BCUT2D eigenvalue weighted by molar-refractivity contribution is -0.121. The van der Waals surface area contributed by atoms with Crippen LogP contribution in [0.25, 0.3) is 5.57 Å². The minimum absolute atomic E-state index is 0.0242. The normalized spacial score (nSPS) is 15.4. The molecule has 29 heavy (non-hydrogen) atoms. The summed E-state index contributed by atoms with van der Waals surface area (Å²) in [5, 5.41) is 12.6. The van der Waals surface area contributed by atoms with Crippen LogP contribution in [0.4, 0.5) is 5.69 Å². The Morgan fingerprint density at radius 2 is 1.55 bits per heavy atom. The van der Waals surface area contributed by atoms with Crippen molar-refractivity contribution < 1.29 is 9.90 Å². The highest BCUT2D eigenvalue weighted by Crippen LogP contribution is 2.30. The van der Waals surface area contributed by atoms with Crippen LogP contribution in [-0.2, 0) is 4.79 Å². The Labute approximate surface area is 171 Å². The number of phenolic OH excluding ortho intramolecular Hbond substituents is 1. The van der Waals surface area contributed by atoms with Crippen LogP contribution in [0.5, 0.6) is 5.75 Å². The fourth-order valence-corrected chi connectivity index (χ4v) is 3.75. The Balaban J connectivity index is 1.56. The molecule has 1 aliphatic rings. The number of carbonyl (C=O) groups excluding carboxylic acids is 1. The van der Waals surface area contributed by atoms with Crippen LogP contribution in [0.2, 0.25) is 0 Å². The van der Waals surface area contributed by atoms with Crippen molar-refractivity contribution in [2.24, 2.45) is 0 Å². The number of nitrogens with one attached hydrogen (secondary N) is 1. The van der Waals surface area contributed by atoms with E-state index in [2.05, 4.69) is 16.3 Å². The minimum atomic E-state index is -0.353. The molecule has 1 aliphatic heterocycles. The van der Waals surface area contributed by atoms with Crippen LogP contribution in [0, 0.1) is 0 Å². The fraction of sp³-hybridized carbons (Fsp3) is 0.160. The molecular formula is C25H24N2O2. The SMILES string of the molecule is O=C(Nc1ccccc1)C(c1ccccc1)N1CC=C(c2ccc(O)cc2)CC1. The zero-order valence-electron chi connectivity index (χ0n) is 16.2. The standard InChI is InChI=1S/C25H24N2O2/c28-23-13-11-19(12-14-23)20-15-17-27(18-16-20)24(21-7-3-1-4-8-21)25(29)26-22-9-5-2-6-10-22/h1-15,24,28H,16-18H2,(H,26,29). The van der Waals surface area contributed by atoms with Gasteiger partial charge in [0, 0.05) is 18.8 Å². The molecule has 0 saturated heterocycles. The molecule has 146 valence electrons. The number of rotatable bonds is 5. The van der Waals surface area contributed by atoms with Gasteiger partial charge >= 0.3 is 0 Å². The van der Waals surface area contributed by atoms with Crippen LogP contribution >= 0.6 is 0 Å². The summed E-state index contributed by atoms with van der Waals surface area (Å²) in [6.07, 6.45) is 3.04. The zero-order chi connectivity index (χ0) is 20.1. The van der Waals surface area contributed by atoms with Crippen molar-refractivity contribution in [2.45, 2.75) is 12.5 Å². The van der Waals surface area contributed by atoms with E-state index in [1.165, 1.54) is 5.57 Å². The molecule has 3 aromatic carbocycles. The first-order valence-corrected chi connectivity index (χ1v) is 9.84. The van der Waals surface area contributed by atoms with Crippen molar-refractivity contribution in [2.75, 3.05) is 18.4 Å². The average Bonchev–Trinajstić information content (AvgIpc) is 2.76. The number of aromatic hydroxyl groups is 1. The van der Waals surface area contributed by atoms with Crippen molar-refractivity contribution >= 4 is 17.2 Å². The van der Waals surface area contributed by atoms with Crippen LogP contribution in [0.15, 0.2) is 91.0 Å². The smallest absolute Gasteiger partial charge is 0.246 e. The van der Waals surface area contributed by atoms with E-state index in [-0.39, 0.29) is 17.7 Å². The molecule has 0 aromatic heterocycles. The first-order valence-electron chi connectivity index (χ1n) is 9.84. The van der Waals surface area contributed by atoms with Gasteiger partial charge in [-0.1, -0.05) is 66.7 Å². The highest BCUT2D eigenvalue weighted by Gasteiger charge is 2.29. The number of carbonyl (C=O) groups is 1. The Morgan fingerprint density at radius 1 is 0.897 bits per heavy atom.